The Morgan fingerprint density at radius 1 is 0.900 bits per heavy atom. The second kappa shape index (κ2) is 7.94. The van der Waals surface area contributed by atoms with Gasteiger partial charge in [0.05, 0.1) is 17.4 Å². The number of para-hydroxylation sites is 1. The van der Waals surface area contributed by atoms with Gasteiger partial charge in [0, 0.05) is 43.4 Å². The number of aryl methyl sites for hydroxylation is 1. The van der Waals surface area contributed by atoms with Crippen LogP contribution in [0.5, 0.6) is 0 Å². The lowest BCUT2D eigenvalue weighted by atomic mass is 10.2. The lowest BCUT2D eigenvalue weighted by Crippen LogP contribution is -2.47. The second-order valence-electron chi connectivity index (χ2n) is 7.46. The van der Waals surface area contributed by atoms with Gasteiger partial charge in [-0.25, -0.2) is 0 Å². The number of pyridine rings is 1. The lowest BCUT2D eigenvalue weighted by Gasteiger charge is -2.36. The molecule has 0 atom stereocenters. The number of aromatic nitrogens is 4. The zero-order chi connectivity index (χ0) is 20.3. The molecule has 150 valence electrons. The quantitative estimate of drug-likeness (QED) is 0.562. The van der Waals surface area contributed by atoms with E-state index in [1.165, 1.54) is 11.3 Å². The number of piperazine rings is 1. The molecule has 1 N–H and O–H groups in total. The molecule has 3 heterocycles. The standard InChI is InChI=1S/C23H23N7/c1-17-5-2-8-19(15-17)29-11-13-30(14-12-29)21-16-25-28-23(27-21)26-20-9-3-6-18-7-4-10-24-22(18)20/h2-10,15-16H,11-14H2,1H3,(H,26,27,28). The molecule has 2 aromatic carbocycles. The minimum Gasteiger partial charge on any atom is -0.368 e. The van der Waals surface area contributed by atoms with Crippen LogP contribution in [-0.2, 0) is 0 Å². The second-order valence-corrected chi connectivity index (χ2v) is 7.46. The highest BCUT2D eigenvalue weighted by molar-refractivity contribution is 5.91. The van der Waals surface area contributed by atoms with Crippen molar-refractivity contribution in [2.75, 3.05) is 41.3 Å². The van der Waals surface area contributed by atoms with E-state index in [-0.39, 0.29) is 0 Å². The molecule has 5 rings (SSSR count). The normalized spacial score (nSPS) is 14.2. The Kier molecular flexibility index (Phi) is 4.85. The molecular weight excluding hydrogens is 374 g/mol. The number of fused-ring (bicyclic) bond motifs is 1. The van der Waals surface area contributed by atoms with Crippen molar-refractivity contribution in [2.24, 2.45) is 0 Å². The first-order valence-corrected chi connectivity index (χ1v) is 10.1. The SMILES string of the molecule is Cc1cccc(N2CCN(c3cnnc(Nc4cccc5cccnc45)n3)CC2)c1. The molecule has 0 spiro atoms. The van der Waals surface area contributed by atoms with Crippen LogP contribution >= 0.6 is 0 Å². The van der Waals surface area contributed by atoms with Gasteiger partial charge < -0.3 is 15.1 Å². The first-order chi connectivity index (χ1) is 14.8. The summed E-state index contributed by atoms with van der Waals surface area (Å²) in [5, 5.41) is 12.7. The molecule has 0 bridgehead atoms. The number of anilines is 4. The number of benzene rings is 2. The fourth-order valence-electron chi connectivity index (χ4n) is 3.84. The summed E-state index contributed by atoms with van der Waals surface area (Å²) in [6.45, 7) is 5.81. The predicted octanol–water partition coefficient (Wildman–Crippen LogP) is 3.80. The fourth-order valence-corrected chi connectivity index (χ4v) is 3.84. The van der Waals surface area contributed by atoms with Crippen molar-refractivity contribution >= 4 is 34.0 Å². The zero-order valence-corrected chi connectivity index (χ0v) is 16.9. The highest BCUT2D eigenvalue weighted by atomic mass is 15.3. The van der Waals surface area contributed by atoms with E-state index < -0.39 is 0 Å². The Morgan fingerprint density at radius 2 is 1.70 bits per heavy atom. The maximum Gasteiger partial charge on any atom is 0.249 e. The van der Waals surface area contributed by atoms with Crippen LogP contribution in [0, 0.1) is 6.92 Å². The number of rotatable bonds is 4. The van der Waals surface area contributed by atoms with Gasteiger partial charge in [-0.3, -0.25) is 4.98 Å². The molecule has 7 nitrogen and oxygen atoms in total. The topological polar surface area (TPSA) is 70.1 Å². The summed E-state index contributed by atoms with van der Waals surface area (Å²) in [6, 6.07) is 18.6. The number of nitrogens with zero attached hydrogens (tertiary/aromatic N) is 6. The van der Waals surface area contributed by atoms with Crippen LogP contribution in [0.15, 0.2) is 67.0 Å². The van der Waals surface area contributed by atoms with Crippen LogP contribution in [0.25, 0.3) is 10.9 Å². The summed E-state index contributed by atoms with van der Waals surface area (Å²) in [5.74, 6) is 1.32. The van der Waals surface area contributed by atoms with Gasteiger partial charge >= 0.3 is 0 Å². The van der Waals surface area contributed by atoms with E-state index in [1.807, 2.05) is 30.3 Å². The van der Waals surface area contributed by atoms with Gasteiger partial charge in [-0.15, -0.1) is 5.10 Å². The average molecular weight is 397 g/mol. The van der Waals surface area contributed by atoms with E-state index in [9.17, 15) is 0 Å². The van der Waals surface area contributed by atoms with Gasteiger partial charge in [-0.05, 0) is 36.8 Å². The Bertz CT molecular complexity index is 1160. The van der Waals surface area contributed by atoms with Crippen molar-refractivity contribution in [3.8, 4) is 0 Å². The Hall–Kier alpha value is -3.74. The molecule has 0 amide bonds. The van der Waals surface area contributed by atoms with E-state index in [2.05, 4.69) is 61.5 Å². The van der Waals surface area contributed by atoms with Gasteiger partial charge in [-0.2, -0.15) is 10.1 Å². The molecule has 7 heteroatoms. The molecule has 0 radical (unpaired) electrons. The summed E-state index contributed by atoms with van der Waals surface area (Å²) in [4.78, 5) is 13.9. The number of hydrogen-bond donors (Lipinski definition) is 1. The third kappa shape index (κ3) is 3.74. The van der Waals surface area contributed by atoms with Crippen molar-refractivity contribution in [3.63, 3.8) is 0 Å². The van der Waals surface area contributed by atoms with Gasteiger partial charge in [0.2, 0.25) is 5.95 Å². The first kappa shape index (κ1) is 18.3. The molecule has 2 aromatic heterocycles. The van der Waals surface area contributed by atoms with Gasteiger partial charge in [-0.1, -0.05) is 30.3 Å². The smallest absolute Gasteiger partial charge is 0.249 e. The van der Waals surface area contributed by atoms with Crippen LogP contribution in [0.4, 0.5) is 23.1 Å². The molecule has 0 aliphatic carbocycles. The molecule has 0 saturated carbocycles. The van der Waals surface area contributed by atoms with E-state index in [0.717, 1.165) is 48.6 Å². The van der Waals surface area contributed by atoms with Gasteiger partial charge in [0.25, 0.3) is 0 Å². The summed E-state index contributed by atoms with van der Waals surface area (Å²) in [7, 11) is 0. The summed E-state index contributed by atoms with van der Waals surface area (Å²) >= 11 is 0. The molecular formula is C23H23N7. The van der Waals surface area contributed by atoms with Crippen LogP contribution in [0.1, 0.15) is 5.56 Å². The summed E-state index contributed by atoms with van der Waals surface area (Å²) in [6.07, 6.45) is 3.52. The summed E-state index contributed by atoms with van der Waals surface area (Å²) < 4.78 is 0. The molecule has 1 aliphatic heterocycles. The van der Waals surface area contributed by atoms with Crippen LogP contribution < -0.4 is 15.1 Å². The molecule has 30 heavy (non-hydrogen) atoms. The predicted molar refractivity (Wildman–Crippen MR) is 120 cm³/mol. The lowest BCUT2D eigenvalue weighted by molar-refractivity contribution is 0.644. The number of hydrogen-bond acceptors (Lipinski definition) is 7. The monoisotopic (exact) mass is 397 g/mol. The molecule has 1 aliphatic rings. The minimum atomic E-state index is 0.478. The highest BCUT2D eigenvalue weighted by Crippen LogP contribution is 2.24. The van der Waals surface area contributed by atoms with E-state index in [0.29, 0.717) is 5.95 Å². The highest BCUT2D eigenvalue weighted by Gasteiger charge is 2.19. The third-order valence-corrected chi connectivity index (χ3v) is 5.40. The van der Waals surface area contributed by atoms with E-state index in [4.69, 9.17) is 4.98 Å². The largest absolute Gasteiger partial charge is 0.368 e. The van der Waals surface area contributed by atoms with Crippen molar-refractivity contribution in [1.29, 1.82) is 0 Å². The third-order valence-electron chi connectivity index (χ3n) is 5.40. The summed E-state index contributed by atoms with van der Waals surface area (Å²) in [5.41, 5.74) is 4.33. The maximum atomic E-state index is 4.71. The van der Waals surface area contributed by atoms with Gasteiger partial charge in [0.1, 0.15) is 0 Å². The average Bonchev–Trinajstić information content (AvgIpc) is 2.80. The Balaban J connectivity index is 1.31. The van der Waals surface area contributed by atoms with Crippen molar-refractivity contribution in [3.05, 3.63) is 72.6 Å². The van der Waals surface area contributed by atoms with Crippen LogP contribution in [0.2, 0.25) is 0 Å². The van der Waals surface area contributed by atoms with E-state index >= 15 is 0 Å². The van der Waals surface area contributed by atoms with Gasteiger partial charge in [0.15, 0.2) is 5.82 Å². The molecule has 4 aromatic rings. The van der Waals surface area contributed by atoms with Crippen LogP contribution in [0.3, 0.4) is 0 Å². The Labute approximate surface area is 175 Å². The first-order valence-electron chi connectivity index (χ1n) is 10.1. The fraction of sp³-hybridized carbons (Fsp3) is 0.217. The van der Waals surface area contributed by atoms with Crippen molar-refractivity contribution in [1.82, 2.24) is 20.2 Å². The zero-order valence-electron chi connectivity index (χ0n) is 16.9. The van der Waals surface area contributed by atoms with Crippen molar-refractivity contribution < 1.29 is 0 Å². The van der Waals surface area contributed by atoms with E-state index in [1.54, 1.807) is 12.4 Å². The number of nitrogens with one attached hydrogen (secondary N) is 1. The molecule has 1 saturated heterocycles. The van der Waals surface area contributed by atoms with Crippen molar-refractivity contribution in [2.45, 2.75) is 6.92 Å². The maximum absolute atomic E-state index is 4.71. The minimum absolute atomic E-state index is 0.478. The van der Waals surface area contributed by atoms with Crippen LogP contribution in [-0.4, -0.2) is 46.3 Å². The molecule has 1 fully saturated rings. The molecule has 0 unspecified atom stereocenters. The Morgan fingerprint density at radius 3 is 2.57 bits per heavy atom.